The van der Waals surface area contributed by atoms with Crippen LogP contribution >= 0.6 is 0 Å². The number of aromatic nitrogens is 2. The summed E-state index contributed by atoms with van der Waals surface area (Å²) in [4.78, 5) is 40.6. The number of carbonyl (C=O) groups is 1. The Hall–Kier alpha value is -3.85. The maximum Gasteiger partial charge on any atom is 0.343 e. The summed E-state index contributed by atoms with van der Waals surface area (Å²) in [5.74, 6) is -0.737. The summed E-state index contributed by atoms with van der Waals surface area (Å²) in [6, 6.07) is 14.3. The van der Waals surface area contributed by atoms with E-state index in [1.54, 1.807) is 19.1 Å². The highest BCUT2D eigenvalue weighted by Gasteiger charge is 2.25. The van der Waals surface area contributed by atoms with Crippen LogP contribution < -0.4 is 10.5 Å². The van der Waals surface area contributed by atoms with Gasteiger partial charge in [0.1, 0.15) is 11.3 Å². The first-order valence-electron chi connectivity index (χ1n) is 12.2. The van der Waals surface area contributed by atoms with Crippen molar-refractivity contribution in [1.82, 2.24) is 9.78 Å². The van der Waals surface area contributed by atoms with Crippen LogP contribution in [0.4, 0.5) is 11.4 Å². The van der Waals surface area contributed by atoms with Crippen LogP contribution in [0.1, 0.15) is 36.7 Å². The first-order chi connectivity index (χ1) is 17.4. The SMILES string of the molecule is CC.CCOC(=O)c1cc(-c2cccc(C)c2)nn(-c2cc(N3CCOCC3)ccc2[N+](C)=O)c1=O. The number of nitrogens with zero attached hydrogens (tertiary/aromatic N) is 4. The lowest BCUT2D eigenvalue weighted by Gasteiger charge is -2.29. The Labute approximate surface area is 210 Å². The van der Waals surface area contributed by atoms with E-state index >= 15 is 0 Å². The van der Waals surface area contributed by atoms with Crippen LogP contribution in [0.2, 0.25) is 0 Å². The van der Waals surface area contributed by atoms with Gasteiger partial charge in [0.2, 0.25) is 0 Å². The van der Waals surface area contributed by atoms with Gasteiger partial charge in [0.15, 0.2) is 7.05 Å². The number of anilines is 1. The molecule has 2 heterocycles. The molecule has 0 bridgehead atoms. The second-order valence-electron chi connectivity index (χ2n) is 8.02. The van der Waals surface area contributed by atoms with Gasteiger partial charge in [-0.25, -0.2) is 4.79 Å². The van der Waals surface area contributed by atoms with Crippen molar-refractivity contribution in [3.63, 3.8) is 0 Å². The van der Waals surface area contributed by atoms with Gasteiger partial charge in [-0.2, -0.15) is 9.78 Å². The Bertz CT molecular complexity index is 1300. The van der Waals surface area contributed by atoms with Gasteiger partial charge in [-0.3, -0.25) is 4.79 Å². The number of ether oxygens (including phenoxy) is 2. The van der Waals surface area contributed by atoms with E-state index in [1.807, 2.05) is 51.1 Å². The number of hydrogen-bond acceptors (Lipinski definition) is 7. The van der Waals surface area contributed by atoms with Gasteiger partial charge in [-0.15, -0.1) is 0 Å². The Morgan fingerprint density at radius 3 is 2.47 bits per heavy atom. The Morgan fingerprint density at radius 1 is 1.11 bits per heavy atom. The molecule has 1 fully saturated rings. The molecule has 0 atom stereocenters. The molecule has 0 radical (unpaired) electrons. The van der Waals surface area contributed by atoms with Gasteiger partial charge in [0, 0.05) is 40.1 Å². The average Bonchev–Trinajstić information content (AvgIpc) is 2.90. The molecule has 0 amide bonds. The van der Waals surface area contributed by atoms with Crippen LogP contribution in [0, 0.1) is 11.8 Å². The molecule has 2 aromatic carbocycles. The first kappa shape index (κ1) is 26.7. The molecule has 3 aromatic rings. The minimum absolute atomic E-state index is 0.126. The number of rotatable bonds is 6. The summed E-state index contributed by atoms with van der Waals surface area (Å²) in [6.45, 7) is 10.3. The second-order valence-corrected chi connectivity index (χ2v) is 8.02. The van der Waals surface area contributed by atoms with E-state index in [2.05, 4.69) is 10.00 Å². The van der Waals surface area contributed by atoms with E-state index in [0.717, 1.165) is 21.5 Å². The summed E-state index contributed by atoms with van der Waals surface area (Å²) < 4.78 is 12.4. The highest BCUT2D eigenvalue weighted by Crippen LogP contribution is 2.28. The van der Waals surface area contributed by atoms with Crippen molar-refractivity contribution >= 4 is 17.3 Å². The molecule has 1 aliphatic rings. The van der Waals surface area contributed by atoms with Gasteiger partial charge in [-0.1, -0.05) is 37.6 Å². The lowest BCUT2D eigenvalue weighted by atomic mass is 10.1. The van der Waals surface area contributed by atoms with Crippen molar-refractivity contribution in [2.24, 2.45) is 0 Å². The zero-order chi connectivity index (χ0) is 26.2. The van der Waals surface area contributed by atoms with Crippen LogP contribution in [0.25, 0.3) is 16.9 Å². The third-order valence-corrected chi connectivity index (χ3v) is 5.62. The molecule has 9 heteroatoms. The fraction of sp³-hybridized carbons (Fsp3) is 0.370. The van der Waals surface area contributed by atoms with E-state index in [0.29, 0.717) is 36.8 Å². The molecule has 4 rings (SSSR count). The molecule has 1 saturated heterocycles. The third-order valence-electron chi connectivity index (χ3n) is 5.62. The fourth-order valence-electron chi connectivity index (χ4n) is 3.92. The number of esters is 1. The molecule has 0 spiro atoms. The molecule has 36 heavy (non-hydrogen) atoms. The van der Waals surface area contributed by atoms with Crippen LogP contribution in [-0.2, 0) is 9.47 Å². The zero-order valence-electron chi connectivity index (χ0n) is 21.5. The van der Waals surface area contributed by atoms with Crippen molar-refractivity contribution in [1.29, 1.82) is 0 Å². The Morgan fingerprint density at radius 2 is 1.83 bits per heavy atom. The maximum absolute atomic E-state index is 13.4. The van der Waals surface area contributed by atoms with Crippen LogP contribution in [0.3, 0.4) is 0 Å². The molecule has 0 unspecified atom stereocenters. The smallest absolute Gasteiger partial charge is 0.343 e. The van der Waals surface area contributed by atoms with Crippen molar-refractivity contribution < 1.29 is 19.0 Å². The zero-order valence-corrected chi connectivity index (χ0v) is 21.5. The van der Waals surface area contributed by atoms with Gasteiger partial charge in [-0.05, 0) is 38.1 Å². The number of benzene rings is 2. The average molecular weight is 494 g/mol. The van der Waals surface area contributed by atoms with Crippen molar-refractivity contribution in [2.45, 2.75) is 27.7 Å². The number of hydrogen-bond donors (Lipinski definition) is 0. The standard InChI is InChI=1S/C25H27N4O5.C2H6/c1-4-34-25(31)20-16-21(18-7-5-6-17(2)14-18)26-29(24(20)30)23-15-19(8-9-22(23)27(3)32)28-10-12-33-13-11-28;1-2/h5-9,14-16H,4,10-13H2,1-3H3;1-2H3/q+1;. The molecule has 0 aliphatic carbocycles. The number of nitroso groups, excluding NO2 is 1. The third kappa shape index (κ3) is 5.85. The molecule has 0 saturated carbocycles. The largest absolute Gasteiger partial charge is 0.462 e. The van der Waals surface area contributed by atoms with Crippen LogP contribution in [0.5, 0.6) is 0 Å². The summed E-state index contributed by atoms with van der Waals surface area (Å²) >= 11 is 0. The van der Waals surface area contributed by atoms with Crippen molar-refractivity contribution in [3.05, 3.63) is 74.9 Å². The van der Waals surface area contributed by atoms with Crippen molar-refractivity contribution in [3.8, 4) is 16.9 Å². The Kier molecular flexibility index (Phi) is 9.08. The quantitative estimate of drug-likeness (QED) is 0.374. The van der Waals surface area contributed by atoms with E-state index < -0.39 is 11.5 Å². The Balaban J connectivity index is 0.00000176. The van der Waals surface area contributed by atoms with E-state index in [-0.39, 0.29) is 23.5 Å². The minimum atomic E-state index is -0.737. The molecule has 190 valence electrons. The topological polar surface area (TPSA) is 93.7 Å². The molecular formula is C27H33N4O5+. The number of aryl methyl sites for hydroxylation is 1. The van der Waals surface area contributed by atoms with Crippen molar-refractivity contribution in [2.75, 3.05) is 44.9 Å². The summed E-state index contributed by atoms with van der Waals surface area (Å²) in [7, 11) is 1.36. The highest BCUT2D eigenvalue weighted by atomic mass is 16.5. The number of morpholine rings is 1. The monoisotopic (exact) mass is 493 g/mol. The summed E-state index contributed by atoms with van der Waals surface area (Å²) in [5, 5.41) is 4.57. The molecule has 0 N–H and O–H groups in total. The molecule has 1 aromatic heterocycles. The first-order valence-corrected chi connectivity index (χ1v) is 12.2. The fourth-order valence-corrected chi connectivity index (χ4v) is 3.92. The molecule has 1 aliphatic heterocycles. The van der Waals surface area contributed by atoms with Crippen LogP contribution in [-0.4, -0.2) is 60.5 Å². The van der Waals surface area contributed by atoms with E-state index in [9.17, 15) is 14.5 Å². The highest BCUT2D eigenvalue weighted by molar-refractivity contribution is 5.90. The summed E-state index contributed by atoms with van der Waals surface area (Å²) in [6.07, 6.45) is 0. The lowest BCUT2D eigenvalue weighted by Crippen LogP contribution is -2.36. The van der Waals surface area contributed by atoms with E-state index in [1.165, 1.54) is 13.1 Å². The second kappa shape index (κ2) is 12.2. The van der Waals surface area contributed by atoms with Crippen LogP contribution in [0.15, 0.2) is 53.3 Å². The van der Waals surface area contributed by atoms with Gasteiger partial charge in [0.25, 0.3) is 11.2 Å². The number of carbonyl (C=O) groups excluding carboxylic acids is 1. The van der Waals surface area contributed by atoms with Gasteiger partial charge < -0.3 is 14.4 Å². The normalized spacial score (nSPS) is 13.0. The maximum atomic E-state index is 13.4. The predicted molar refractivity (Wildman–Crippen MR) is 140 cm³/mol. The van der Waals surface area contributed by atoms with Gasteiger partial charge >= 0.3 is 5.97 Å². The predicted octanol–water partition coefficient (Wildman–Crippen LogP) is 4.29. The lowest BCUT2D eigenvalue weighted by molar-refractivity contribution is -0.428. The van der Waals surface area contributed by atoms with E-state index in [4.69, 9.17) is 9.47 Å². The summed E-state index contributed by atoms with van der Waals surface area (Å²) in [5.41, 5.74) is 2.72. The molecular weight excluding hydrogens is 460 g/mol. The minimum Gasteiger partial charge on any atom is -0.462 e. The van der Waals surface area contributed by atoms with Gasteiger partial charge in [0.05, 0.1) is 25.5 Å². The molecule has 9 nitrogen and oxygen atoms in total.